The minimum Gasteiger partial charge on any atom is -0.478 e. The van der Waals surface area contributed by atoms with Crippen molar-refractivity contribution in [3.8, 4) is 0 Å². The topological polar surface area (TPSA) is 55.1 Å². The first-order valence-electron chi connectivity index (χ1n) is 4.77. The average molecular weight is 255 g/mol. The molecule has 4 nitrogen and oxygen atoms in total. The highest BCUT2D eigenvalue weighted by Crippen LogP contribution is 2.17. The van der Waals surface area contributed by atoms with Crippen LogP contribution in [0.2, 0.25) is 5.15 Å². The summed E-state index contributed by atoms with van der Waals surface area (Å²) < 4.78 is 14.6. The molecule has 1 N–H and O–H groups in total. The first-order valence-corrected chi connectivity index (χ1v) is 5.15. The molecule has 0 saturated heterocycles. The van der Waals surface area contributed by atoms with Crippen molar-refractivity contribution in [2.75, 3.05) is 0 Å². The van der Waals surface area contributed by atoms with Gasteiger partial charge in [0.1, 0.15) is 16.5 Å². The fourth-order valence-electron chi connectivity index (χ4n) is 1.41. The van der Waals surface area contributed by atoms with E-state index in [-0.39, 0.29) is 23.1 Å². The van der Waals surface area contributed by atoms with Gasteiger partial charge in [-0.3, -0.25) is 0 Å². The monoisotopic (exact) mass is 254 g/mol. The number of hydrogen-bond donors (Lipinski definition) is 1. The molecule has 0 saturated carbocycles. The molecule has 1 aromatic heterocycles. The molecule has 0 amide bonds. The number of carboxylic acids is 1. The second kappa shape index (κ2) is 4.55. The highest BCUT2D eigenvalue weighted by atomic mass is 35.5. The summed E-state index contributed by atoms with van der Waals surface area (Å²) >= 11 is 5.82. The van der Waals surface area contributed by atoms with E-state index in [1.807, 2.05) is 0 Å². The van der Waals surface area contributed by atoms with Gasteiger partial charge in [0.25, 0.3) is 0 Å². The van der Waals surface area contributed by atoms with Crippen molar-refractivity contribution in [2.24, 2.45) is 0 Å². The molecule has 2 rings (SSSR count). The molecular formula is C11H8ClFN2O2. The van der Waals surface area contributed by atoms with E-state index >= 15 is 0 Å². The van der Waals surface area contributed by atoms with Crippen LogP contribution < -0.4 is 0 Å². The number of aromatic carboxylic acids is 1. The first-order chi connectivity index (χ1) is 8.09. The molecule has 17 heavy (non-hydrogen) atoms. The van der Waals surface area contributed by atoms with Crippen LogP contribution >= 0.6 is 11.6 Å². The lowest BCUT2D eigenvalue weighted by Crippen LogP contribution is -2.04. The summed E-state index contributed by atoms with van der Waals surface area (Å²) in [4.78, 5) is 10.7. The van der Waals surface area contributed by atoms with Crippen LogP contribution in [0.15, 0.2) is 30.5 Å². The number of halogens is 2. The van der Waals surface area contributed by atoms with Crippen LogP contribution in [0.4, 0.5) is 4.39 Å². The summed E-state index contributed by atoms with van der Waals surface area (Å²) in [6, 6.07) is 6.18. The van der Waals surface area contributed by atoms with Gasteiger partial charge in [-0.25, -0.2) is 13.9 Å². The Morgan fingerprint density at radius 2 is 2.18 bits per heavy atom. The summed E-state index contributed by atoms with van der Waals surface area (Å²) in [6.07, 6.45) is 1.14. The Bertz CT molecular complexity index is 568. The van der Waals surface area contributed by atoms with Gasteiger partial charge in [0, 0.05) is 5.56 Å². The van der Waals surface area contributed by atoms with Gasteiger partial charge < -0.3 is 5.11 Å². The van der Waals surface area contributed by atoms with Crippen LogP contribution in [-0.4, -0.2) is 20.9 Å². The van der Waals surface area contributed by atoms with Crippen molar-refractivity contribution < 1.29 is 14.3 Å². The van der Waals surface area contributed by atoms with E-state index in [9.17, 15) is 9.18 Å². The first kappa shape index (κ1) is 11.6. The number of hydrogen-bond acceptors (Lipinski definition) is 2. The van der Waals surface area contributed by atoms with E-state index in [1.165, 1.54) is 10.7 Å². The van der Waals surface area contributed by atoms with Crippen molar-refractivity contribution in [1.29, 1.82) is 0 Å². The normalized spacial score (nSPS) is 10.5. The number of aromatic nitrogens is 2. The Balaban J connectivity index is 2.31. The molecule has 0 bridgehead atoms. The van der Waals surface area contributed by atoms with Gasteiger partial charge in [0.2, 0.25) is 0 Å². The molecule has 0 unspecified atom stereocenters. The largest absolute Gasteiger partial charge is 0.478 e. The number of nitrogens with zero attached hydrogens (tertiary/aromatic N) is 2. The van der Waals surface area contributed by atoms with Crippen LogP contribution in [-0.2, 0) is 6.54 Å². The van der Waals surface area contributed by atoms with Crippen molar-refractivity contribution >= 4 is 17.6 Å². The SMILES string of the molecule is O=C(O)c1cnn(Cc2ccccc2F)c1Cl. The lowest BCUT2D eigenvalue weighted by Gasteiger charge is -2.04. The summed E-state index contributed by atoms with van der Waals surface area (Å²) in [5, 5.41) is 12.6. The third-order valence-corrected chi connectivity index (χ3v) is 2.68. The maximum absolute atomic E-state index is 13.4. The summed E-state index contributed by atoms with van der Waals surface area (Å²) in [7, 11) is 0. The van der Waals surface area contributed by atoms with E-state index in [0.717, 1.165) is 6.20 Å². The van der Waals surface area contributed by atoms with Gasteiger partial charge >= 0.3 is 5.97 Å². The Hall–Kier alpha value is -1.88. The molecule has 1 aromatic carbocycles. The van der Waals surface area contributed by atoms with E-state index < -0.39 is 5.97 Å². The van der Waals surface area contributed by atoms with E-state index in [1.54, 1.807) is 18.2 Å². The third kappa shape index (κ3) is 2.29. The maximum atomic E-state index is 13.4. The molecule has 6 heteroatoms. The minimum atomic E-state index is -1.16. The number of carbonyl (C=O) groups is 1. The quantitative estimate of drug-likeness (QED) is 0.915. The summed E-state index contributed by atoms with van der Waals surface area (Å²) in [6.45, 7) is 0.0960. The average Bonchev–Trinajstić information content (AvgIpc) is 2.64. The highest BCUT2D eigenvalue weighted by molar-refractivity contribution is 6.32. The van der Waals surface area contributed by atoms with Gasteiger partial charge in [-0.1, -0.05) is 29.8 Å². The zero-order chi connectivity index (χ0) is 12.4. The van der Waals surface area contributed by atoms with Crippen molar-refractivity contribution in [2.45, 2.75) is 6.54 Å². The van der Waals surface area contributed by atoms with Gasteiger partial charge in [0.05, 0.1) is 12.7 Å². The molecule has 0 radical (unpaired) electrons. The lowest BCUT2D eigenvalue weighted by atomic mass is 10.2. The Morgan fingerprint density at radius 3 is 2.76 bits per heavy atom. The molecule has 0 spiro atoms. The van der Waals surface area contributed by atoms with Crippen LogP contribution in [0.5, 0.6) is 0 Å². The number of carboxylic acid groups (broad SMARTS) is 1. The minimum absolute atomic E-state index is 0.0132. The highest BCUT2D eigenvalue weighted by Gasteiger charge is 2.15. The second-order valence-corrected chi connectivity index (χ2v) is 3.76. The molecule has 0 fully saturated rings. The Morgan fingerprint density at radius 1 is 1.47 bits per heavy atom. The number of rotatable bonds is 3. The van der Waals surface area contributed by atoms with Crippen LogP contribution in [0.1, 0.15) is 15.9 Å². The van der Waals surface area contributed by atoms with Crippen LogP contribution in [0.3, 0.4) is 0 Å². The predicted molar refractivity (Wildman–Crippen MR) is 59.7 cm³/mol. The Kier molecular flexibility index (Phi) is 3.10. The van der Waals surface area contributed by atoms with Crippen molar-refractivity contribution in [3.05, 3.63) is 52.6 Å². The zero-order valence-electron chi connectivity index (χ0n) is 8.60. The van der Waals surface area contributed by atoms with E-state index in [4.69, 9.17) is 16.7 Å². The van der Waals surface area contributed by atoms with Crippen molar-refractivity contribution in [3.63, 3.8) is 0 Å². The number of benzene rings is 1. The molecule has 2 aromatic rings. The van der Waals surface area contributed by atoms with Gasteiger partial charge in [0.15, 0.2) is 0 Å². The fourth-order valence-corrected chi connectivity index (χ4v) is 1.65. The van der Waals surface area contributed by atoms with Crippen molar-refractivity contribution in [1.82, 2.24) is 9.78 Å². The molecular weight excluding hydrogens is 247 g/mol. The lowest BCUT2D eigenvalue weighted by molar-refractivity contribution is 0.0697. The maximum Gasteiger partial charge on any atom is 0.340 e. The van der Waals surface area contributed by atoms with E-state index in [2.05, 4.69) is 5.10 Å². The predicted octanol–water partition coefficient (Wildman–Crippen LogP) is 2.42. The Labute approximate surface area is 101 Å². The van der Waals surface area contributed by atoms with Gasteiger partial charge in [-0.15, -0.1) is 0 Å². The summed E-state index contributed by atoms with van der Waals surface area (Å²) in [5.41, 5.74) is 0.303. The van der Waals surface area contributed by atoms with Gasteiger partial charge in [-0.05, 0) is 6.07 Å². The fraction of sp³-hybridized carbons (Fsp3) is 0.0909. The smallest absolute Gasteiger partial charge is 0.340 e. The molecule has 1 heterocycles. The molecule has 0 atom stereocenters. The van der Waals surface area contributed by atoms with Crippen LogP contribution in [0, 0.1) is 5.82 Å². The molecule has 88 valence electrons. The summed E-state index contributed by atoms with van der Waals surface area (Å²) in [5.74, 6) is -1.54. The van der Waals surface area contributed by atoms with Crippen LogP contribution in [0.25, 0.3) is 0 Å². The molecule has 0 aliphatic rings. The molecule has 0 aliphatic carbocycles. The second-order valence-electron chi connectivity index (χ2n) is 3.40. The third-order valence-electron chi connectivity index (χ3n) is 2.28. The standard InChI is InChI=1S/C11H8ClFN2O2/c12-10-8(11(16)17)5-14-15(10)6-7-3-1-2-4-9(7)13/h1-5H,6H2,(H,16,17). The van der Waals surface area contributed by atoms with E-state index in [0.29, 0.717) is 5.56 Å². The van der Waals surface area contributed by atoms with Gasteiger partial charge in [-0.2, -0.15) is 5.10 Å². The molecule has 0 aliphatic heterocycles. The zero-order valence-corrected chi connectivity index (χ0v) is 9.36.